The van der Waals surface area contributed by atoms with E-state index in [0.29, 0.717) is 12.1 Å². The highest BCUT2D eigenvalue weighted by Gasteiger charge is 2.23. The summed E-state index contributed by atoms with van der Waals surface area (Å²) in [5.41, 5.74) is 2.77. The molecule has 1 N–H and O–H groups in total. The van der Waals surface area contributed by atoms with E-state index in [1.165, 1.54) is 35.6 Å². The third-order valence-electron chi connectivity index (χ3n) is 3.99. The van der Waals surface area contributed by atoms with Gasteiger partial charge in [-0.25, -0.2) is 0 Å². The van der Waals surface area contributed by atoms with E-state index in [4.69, 9.17) is 0 Å². The average Bonchev–Trinajstić information content (AvgIpc) is 2.98. The number of anilines is 1. The van der Waals surface area contributed by atoms with E-state index in [1.54, 1.807) is 0 Å². The molecule has 112 valence electrons. The van der Waals surface area contributed by atoms with Crippen LogP contribution in [0.5, 0.6) is 0 Å². The molecule has 2 atom stereocenters. The lowest BCUT2D eigenvalue weighted by Gasteiger charge is -2.30. The minimum Gasteiger partial charge on any atom is -0.370 e. The Balaban J connectivity index is 2.22. The van der Waals surface area contributed by atoms with Crippen molar-refractivity contribution >= 4 is 33.4 Å². The number of halogens is 1. The van der Waals surface area contributed by atoms with Crippen molar-refractivity contribution in [2.75, 3.05) is 30.0 Å². The van der Waals surface area contributed by atoms with Crippen LogP contribution in [0.4, 0.5) is 5.69 Å². The van der Waals surface area contributed by atoms with Crippen molar-refractivity contribution in [1.29, 1.82) is 0 Å². The minimum atomic E-state index is 0.388. The number of hydrogen-bond acceptors (Lipinski definition) is 3. The van der Waals surface area contributed by atoms with Gasteiger partial charge in [-0.05, 0) is 55.8 Å². The monoisotopic (exact) mass is 356 g/mol. The van der Waals surface area contributed by atoms with E-state index < -0.39 is 0 Å². The largest absolute Gasteiger partial charge is 0.370 e. The molecule has 20 heavy (non-hydrogen) atoms. The number of hydrogen-bond donors (Lipinski definition) is 1. The molecule has 4 heteroatoms. The molecule has 0 aliphatic carbocycles. The summed E-state index contributed by atoms with van der Waals surface area (Å²) in [6.45, 7) is 5.54. The molecule has 1 fully saturated rings. The van der Waals surface area contributed by atoms with Gasteiger partial charge in [-0.3, -0.25) is 0 Å². The van der Waals surface area contributed by atoms with Crippen molar-refractivity contribution in [2.24, 2.45) is 0 Å². The SMILES string of the molecule is CCCNC(C)c1cc(Br)ccc1N(C)C1CCSC1. The van der Waals surface area contributed by atoms with Gasteiger partial charge in [-0.2, -0.15) is 11.8 Å². The summed E-state index contributed by atoms with van der Waals surface area (Å²) >= 11 is 5.68. The molecule has 2 nitrogen and oxygen atoms in total. The van der Waals surface area contributed by atoms with Crippen LogP contribution in [0.15, 0.2) is 22.7 Å². The van der Waals surface area contributed by atoms with Gasteiger partial charge in [0.25, 0.3) is 0 Å². The molecule has 0 bridgehead atoms. The van der Waals surface area contributed by atoms with Crippen molar-refractivity contribution in [3.05, 3.63) is 28.2 Å². The summed E-state index contributed by atoms with van der Waals surface area (Å²) in [5, 5.41) is 3.61. The van der Waals surface area contributed by atoms with Crippen LogP contribution in [0.25, 0.3) is 0 Å². The molecule has 0 saturated carbocycles. The Hall–Kier alpha value is -0.190. The van der Waals surface area contributed by atoms with Crippen LogP contribution < -0.4 is 10.2 Å². The maximum Gasteiger partial charge on any atom is 0.0415 e. The second kappa shape index (κ2) is 7.71. The van der Waals surface area contributed by atoms with Crippen LogP contribution >= 0.6 is 27.7 Å². The zero-order valence-electron chi connectivity index (χ0n) is 12.7. The number of nitrogens with zero attached hydrogens (tertiary/aromatic N) is 1. The average molecular weight is 357 g/mol. The first-order valence-corrected chi connectivity index (χ1v) is 9.41. The first kappa shape index (κ1) is 16.2. The number of benzene rings is 1. The van der Waals surface area contributed by atoms with Crippen molar-refractivity contribution in [3.8, 4) is 0 Å². The normalized spacial score (nSPS) is 20.1. The Labute approximate surface area is 135 Å². The quantitative estimate of drug-likeness (QED) is 0.810. The molecule has 0 spiro atoms. The predicted octanol–water partition coefficient (Wildman–Crippen LogP) is 4.45. The molecular weight excluding hydrogens is 332 g/mol. The minimum absolute atomic E-state index is 0.388. The zero-order chi connectivity index (χ0) is 14.5. The van der Waals surface area contributed by atoms with Crippen LogP contribution in [-0.2, 0) is 0 Å². The van der Waals surface area contributed by atoms with Crippen LogP contribution in [0.3, 0.4) is 0 Å². The number of nitrogens with one attached hydrogen (secondary N) is 1. The Bertz CT molecular complexity index is 432. The summed E-state index contributed by atoms with van der Waals surface area (Å²) in [6.07, 6.45) is 2.47. The molecule has 0 radical (unpaired) electrons. The zero-order valence-corrected chi connectivity index (χ0v) is 15.1. The Morgan fingerprint density at radius 3 is 2.95 bits per heavy atom. The standard InChI is InChI=1S/C16H25BrN2S/c1-4-8-18-12(2)15-10-13(17)5-6-16(15)19(3)14-7-9-20-11-14/h5-6,10,12,14,18H,4,7-9,11H2,1-3H3. The van der Waals surface area contributed by atoms with E-state index in [9.17, 15) is 0 Å². The molecule has 1 aliphatic heterocycles. The van der Waals surface area contributed by atoms with Gasteiger partial charge in [0.05, 0.1) is 0 Å². The summed E-state index contributed by atoms with van der Waals surface area (Å²) in [7, 11) is 2.25. The van der Waals surface area contributed by atoms with Crippen LogP contribution in [0.1, 0.15) is 38.3 Å². The highest BCUT2D eigenvalue weighted by molar-refractivity contribution is 9.10. The Morgan fingerprint density at radius 2 is 2.30 bits per heavy atom. The molecule has 1 aromatic rings. The third-order valence-corrected chi connectivity index (χ3v) is 5.63. The number of thioether (sulfide) groups is 1. The first-order valence-electron chi connectivity index (χ1n) is 7.47. The second-order valence-corrected chi connectivity index (χ2v) is 7.57. The fourth-order valence-corrected chi connectivity index (χ4v) is 4.33. The summed E-state index contributed by atoms with van der Waals surface area (Å²) in [6, 6.07) is 7.75. The first-order chi connectivity index (χ1) is 9.63. The van der Waals surface area contributed by atoms with Crippen molar-refractivity contribution < 1.29 is 0 Å². The van der Waals surface area contributed by atoms with Gasteiger partial charge >= 0.3 is 0 Å². The molecule has 1 aromatic carbocycles. The second-order valence-electron chi connectivity index (χ2n) is 5.51. The van der Waals surface area contributed by atoms with Crippen LogP contribution in [0.2, 0.25) is 0 Å². The van der Waals surface area contributed by atoms with Gasteiger partial charge in [0, 0.05) is 35.0 Å². The lowest BCUT2D eigenvalue weighted by molar-refractivity contribution is 0.567. The molecule has 1 saturated heterocycles. The lowest BCUT2D eigenvalue weighted by atomic mass is 10.0. The molecule has 0 amide bonds. The Morgan fingerprint density at radius 1 is 1.50 bits per heavy atom. The van der Waals surface area contributed by atoms with E-state index >= 15 is 0 Å². The van der Waals surface area contributed by atoms with Crippen molar-refractivity contribution in [2.45, 2.75) is 38.8 Å². The van der Waals surface area contributed by atoms with E-state index in [2.05, 4.69) is 77.0 Å². The maximum absolute atomic E-state index is 3.62. The third kappa shape index (κ3) is 3.92. The summed E-state index contributed by atoms with van der Waals surface area (Å²) < 4.78 is 1.16. The topological polar surface area (TPSA) is 15.3 Å². The molecule has 0 aromatic heterocycles. The van der Waals surface area contributed by atoms with Gasteiger partial charge < -0.3 is 10.2 Å². The smallest absolute Gasteiger partial charge is 0.0415 e. The molecular formula is C16H25BrN2S. The van der Waals surface area contributed by atoms with E-state index in [1.807, 2.05) is 0 Å². The van der Waals surface area contributed by atoms with Crippen LogP contribution in [-0.4, -0.2) is 31.1 Å². The molecule has 2 unspecified atom stereocenters. The number of rotatable bonds is 6. The summed E-state index contributed by atoms with van der Waals surface area (Å²) in [5.74, 6) is 2.55. The fourth-order valence-electron chi connectivity index (χ4n) is 2.69. The van der Waals surface area contributed by atoms with Gasteiger partial charge in [-0.1, -0.05) is 22.9 Å². The lowest BCUT2D eigenvalue weighted by Crippen LogP contribution is -2.33. The Kier molecular flexibility index (Phi) is 6.24. The van der Waals surface area contributed by atoms with Gasteiger partial charge in [0.15, 0.2) is 0 Å². The van der Waals surface area contributed by atoms with E-state index in [0.717, 1.165) is 11.0 Å². The summed E-state index contributed by atoms with van der Waals surface area (Å²) in [4.78, 5) is 2.48. The molecule has 2 rings (SSSR count). The highest BCUT2D eigenvalue weighted by atomic mass is 79.9. The van der Waals surface area contributed by atoms with Crippen molar-refractivity contribution in [1.82, 2.24) is 5.32 Å². The molecule has 1 aliphatic rings. The van der Waals surface area contributed by atoms with E-state index in [-0.39, 0.29) is 0 Å². The fraction of sp³-hybridized carbons (Fsp3) is 0.625. The van der Waals surface area contributed by atoms with Crippen molar-refractivity contribution in [3.63, 3.8) is 0 Å². The van der Waals surface area contributed by atoms with Gasteiger partial charge in [0.1, 0.15) is 0 Å². The molecule has 1 heterocycles. The highest BCUT2D eigenvalue weighted by Crippen LogP contribution is 2.33. The predicted molar refractivity (Wildman–Crippen MR) is 95.0 cm³/mol. The van der Waals surface area contributed by atoms with Gasteiger partial charge in [-0.15, -0.1) is 0 Å². The maximum atomic E-state index is 3.62. The van der Waals surface area contributed by atoms with Gasteiger partial charge in [0.2, 0.25) is 0 Å². The van der Waals surface area contributed by atoms with Crippen LogP contribution in [0, 0.1) is 0 Å².